The van der Waals surface area contributed by atoms with Crippen LogP contribution in [0.5, 0.6) is 0 Å². The number of fused-ring (bicyclic) bond motifs is 1. The standard InChI is InChI=1S/C10H9N5S3/c1-5-4-17-10(12-5)18-8-6-2-3-16-7(6)13-9(14-8)15-11/h2-4H,11H2,1H3,(H,13,14,15). The molecule has 0 aliphatic heterocycles. The largest absolute Gasteiger partial charge is 0.292 e. The van der Waals surface area contributed by atoms with Crippen molar-refractivity contribution in [1.29, 1.82) is 0 Å². The summed E-state index contributed by atoms with van der Waals surface area (Å²) in [6.45, 7) is 1.98. The van der Waals surface area contributed by atoms with Gasteiger partial charge in [0.05, 0.1) is 0 Å². The minimum Gasteiger partial charge on any atom is -0.292 e. The Hall–Kier alpha value is -1.22. The number of nitrogens with two attached hydrogens (primary N) is 1. The molecule has 8 heteroatoms. The van der Waals surface area contributed by atoms with Crippen molar-refractivity contribution >= 4 is 50.6 Å². The highest BCUT2D eigenvalue weighted by Crippen LogP contribution is 2.35. The predicted octanol–water partition coefficient (Wildman–Crippen LogP) is 2.89. The van der Waals surface area contributed by atoms with Gasteiger partial charge in [0.1, 0.15) is 9.86 Å². The van der Waals surface area contributed by atoms with E-state index in [1.807, 2.05) is 23.8 Å². The van der Waals surface area contributed by atoms with Crippen molar-refractivity contribution in [1.82, 2.24) is 15.0 Å². The lowest BCUT2D eigenvalue weighted by molar-refractivity contribution is 1.07. The Morgan fingerprint density at radius 1 is 1.28 bits per heavy atom. The molecule has 3 N–H and O–H groups in total. The second-order valence-electron chi connectivity index (χ2n) is 3.49. The first-order valence-electron chi connectivity index (χ1n) is 5.08. The molecule has 5 nitrogen and oxygen atoms in total. The fraction of sp³-hybridized carbons (Fsp3) is 0.100. The number of anilines is 1. The fourth-order valence-corrected chi connectivity index (χ4v) is 4.12. The minimum absolute atomic E-state index is 0.431. The van der Waals surface area contributed by atoms with Crippen LogP contribution >= 0.6 is 34.4 Å². The maximum Gasteiger partial charge on any atom is 0.239 e. The van der Waals surface area contributed by atoms with Crippen LogP contribution in [0.25, 0.3) is 10.2 Å². The Bertz CT molecular complexity index is 690. The summed E-state index contributed by atoms with van der Waals surface area (Å²) in [7, 11) is 0. The van der Waals surface area contributed by atoms with E-state index in [-0.39, 0.29) is 0 Å². The molecule has 0 amide bonds. The maximum absolute atomic E-state index is 5.38. The number of nitrogens with one attached hydrogen (secondary N) is 1. The molecule has 18 heavy (non-hydrogen) atoms. The van der Waals surface area contributed by atoms with Gasteiger partial charge in [0.2, 0.25) is 5.95 Å². The van der Waals surface area contributed by atoms with Crippen LogP contribution in [0.4, 0.5) is 5.95 Å². The summed E-state index contributed by atoms with van der Waals surface area (Å²) < 4.78 is 0.974. The van der Waals surface area contributed by atoms with E-state index >= 15 is 0 Å². The van der Waals surface area contributed by atoms with Crippen molar-refractivity contribution in [2.24, 2.45) is 5.84 Å². The number of nitrogen functional groups attached to an aromatic ring is 1. The first-order chi connectivity index (χ1) is 8.76. The van der Waals surface area contributed by atoms with Crippen molar-refractivity contribution in [2.75, 3.05) is 5.43 Å². The first-order valence-corrected chi connectivity index (χ1v) is 7.65. The third-order valence-electron chi connectivity index (χ3n) is 2.20. The smallest absolute Gasteiger partial charge is 0.239 e. The van der Waals surface area contributed by atoms with E-state index in [0.717, 1.165) is 25.3 Å². The molecule has 0 saturated heterocycles. The molecule has 3 aromatic heterocycles. The summed E-state index contributed by atoms with van der Waals surface area (Å²) in [5, 5.41) is 5.94. The van der Waals surface area contributed by atoms with Crippen LogP contribution in [0.2, 0.25) is 0 Å². The van der Waals surface area contributed by atoms with Crippen LogP contribution in [-0.2, 0) is 0 Å². The predicted molar refractivity (Wildman–Crippen MR) is 76.2 cm³/mol. The number of rotatable bonds is 3. The summed E-state index contributed by atoms with van der Waals surface area (Å²) in [4.78, 5) is 14.0. The average molecular weight is 295 g/mol. The quantitative estimate of drug-likeness (QED) is 0.439. The molecular formula is C10H9N5S3. The number of aryl methyl sites for hydroxylation is 1. The van der Waals surface area contributed by atoms with Gasteiger partial charge in [-0.05, 0) is 30.1 Å². The lowest BCUT2D eigenvalue weighted by Gasteiger charge is -2.03. The van der Waals surface area contributed by atoms with Gasteiger partial charge >= 0.3 is 0 Å². The SMILES string of the molecule is Cc1csc(Sc2nc(NN)nc3sccc23)n1. The second-order valence-corrected chi connectivity index (χ2v) is 6.48. The zero-order valence-corrected chi connectivity index (χ0v) is 11.8. The molecule has 0 bridgehead atoms. The van der Waals surface area contributed by atoms with Crippen molar-refractivity contribution in [2.45, 2.75) is 16.3 Å². The molecule has 0 atom stereocenters. The summed E-state index contributed by atoms with van der Waals surface area (Å²) in [5.74, 6) is 5.81. The molecule has 0 aliphatic rings. The van der Waals surface area contributed by atoms with Gasteiger partial charge in [-0.25, -0.2) is 20.8 Å². The van der Waals surface area contributed by atoms with E-state index in [0.29, 0.717) is 5.95 Å². The van der Waals surface area contributed by atoms with E-state index in [9.17, 15) is 0 Å². The Morgan fingerprint density at radius 2 is 2.17 bits per heavy atom. The molecule has 0 radical (unpaired) electrons. The zero-order valence-electron chi connectivity index (χ0n) is 9.38. The molecule has 0 spiro atoms. The second kappa shape index (κ2) is 4.81. The molecule has 0 saturated carbocycles. The number of hydrogen-bond donors (Lipinski definition) is 2. The van der Waals surface area contributed by atoms with E-state index in [1.54, 1.807) is 22.7 Å². The number of thiazole rings is 1. The normalized spacial score (nSPS) is 11.0. The zero-order chi connectivity index (χ0) is 12.5. The number of hydrazine groups is 1. The molecular weight excluding hydrogens is 286 g/mol. The van der Waals surface area contributed by atoms with Gasteiger partial charge in [-0.2, -0.15) is 0 Å². The van der Waals surface area contributed by atoms with Crippen molar-refractivity contribution < 1.29 is 0 Å². The highest BCUT2D eigenvalue weighted by molar-refractivity contribution is 8.01. The van der Waals surface area contributed by atoms with E-state index < -0.39 is 0 Å². The van der Waals surface area contributed by atoms with Gasteiger partial charge in [-0.3, -0.25) is 5.43 Å². The van der Waals surface area contributed by atoms with Crippen molar-refractivity contribution in [3.05, 3.63) is 22.5 Å². The van der Waals surface area contributed by atoms with Crippen LogP contribution in [0.15, 0.2) is 26.2 Å². The lowest BCUT2D eigenvalue weighted by Crippen LogP contribution is -2.10. The number of hydrogen-bond acceptors (Lipinski definition) is 8. The maximum atomic E-state index is 5.38. The van der Waals surface area contributed by atoms with Crippen LogP contribution in [0.3, 0.4) is 0 Å². The van der Waals surface area contributed by atoms with Crippen LogP contribution in [0, 0.1) is 6.92 Å². The van der Waals surface area contributed by atoms with E-state index in [4.69, 9.17) is 5.84 Å². The fourth-order valence-electron chi connectivity index (χ4n) is 1.43. The summed E-state index contributed by atoms with van der Waals surface area (Å²) in [5.41, 5.74) is 3.52. The first kappa shape index (κ1) is 11.8. The third kappa shape index (κ3) is 2.19. The van der Waals surface area contributed by atoms with Crippen LogP contribution in [0.1, 0.15) is 5.69 Å². The third-order valence-corrected chi connectivity index (χ3v) is 5.07. The molecule has 92 valence electrons. The van der Waals surface area contributed by atoms with Gasteiger partial charge in [0, 0.05) is 16.5 Å². The van der Waals surface area contributed by atoms with Crippen molar-refractivity contribution in [3.8, 4) is 0 Å². The number of thiophene rings is 1. The Labute approximate surface area is 115 Å². The summed E-state index contributed by atoms with van der Waals surface area (Å²) in [6, 6.07) is 2.02. The Kier molecular flexibility index (Phi) is 3.16. The topological polar surface area (TPSA) is 76.7 Å². The molecule has 3 aromatic rings. The number of nitrogens with zero attached hydrogens (tertiary/aromatic N) is 3. The summed E-state index contributed by atoms with van der Waals surface area (Å²) in [6.07, 6.45) is 0. The molecule has 0 aromatic carbocycles. The van der Waals surface area contributed by atoms with Gasteiger partial charge in [0.25, 0.3) is 0 Å². The monoisotopic (exact) mass is 295 g/mol. The Balaban J connectivity index is 2.06. The minimum atomic E-state index is 0.431. The average Bonchev–Trinajstić information content (AvgIpc) is 2.98. The highest BCUT2D eigenvalue weighted by atomic mass is 32.2. The van der Waals surface area contributed by atoms with Gasteiger partial charge in [0.15, 0.2) is 4.34 Å². The Morgan fingerprint density at radius 3 is 2.89 bits per heavy atom. The van der Waals surface area contributed by atoms with E-state index in [2.05, 4.69) is 20.4 Å². The van der Waals surface area contributed by atoms with Gasteiger partial charge in [-0.15, -0.1) is 22.7 Å². The van der Waals surface area contributed by atoms with Crippen molar-refractivity contribution in [3.63, 3.8) is 0 Å². The van der Waals surface area contributed by atoms with Gasteiger partial charge in [-0.1, -0.05) is 0 Å². The highest BCUT2D eigenvalue weighted by Gasteiger charge is 2.11. The van der Waals surface area contributed by atoms with Gasteiger partial charge < -0.3 is 0 Å². The number of aromatic nitrogens is 3. The van der Waals surface area contributed by atoms with E-state index in [1.165, 1.54) is 11.8 Å². The summed E-state index contributed by atoms with van der Waals surface area (Å²) >= 11 is 4.72. The molecule has 0 unspecified atom stereocenters. The lowest BCUT2D eigenvalue weighted by atomic mass is 10.4. The van der Waals surface area contributed by atoms with Crippen LogP contribution in [-0.4, -0.2) is 15.0 Å². The molecule has 3 rings (SSSR count). The molecule has 0 aliphatic carbocycles. The molecule has 3 heterocycles. The van der Waals surface area contributed by atoms with Crippen LogP contribution < -0.4 is 11.3 Å². The molecule has 0 fully saturated rings.